The zero-order valence-corrected chi connectivity index (χ0v) is 14.8. The number of imide groups is 1. The Labute approximate surface area is 150 Å². The van der Waals surface area contributed by atoms with E-state index in [1.54, 1.807) is 11.8 Å². The Bertz CT molecular complexity index is 746. The Balaban J connectivity index is 1.38. The summed E-state index contributed by atoms with van der Waals surface area (Å²) < 4.78 is 0. The van der Waals surface area contributed by atoms with Crippen molar-refractivity contribution in [1.29, 1.82) is 0 Å². The molecule has 1 saturated carbocycles. The molecule has 3 amide bonds. The molecule has 25 heavy (non-hydrogen) atoms. The van der Waals surface area contributed by atoms with E-state index in [4.69, 9.17) is 0 Å². The molecule has 0 aromatic heterocycles. The van der Waals surface area contributed by atoms with Crippen molar-refractivity contribution in [1.82, 2.24) is 4.90 Å². The topological polar surface area (TPSA) is 66.5 Å². The molecule has 0 unspecified atom stereocenters. The number of fused-ring (bicyclic) bond motifs is 5. The number of benzene rings is 1. The minimum Gasteiger partial charge on any atom is -0.325 e. The molecule has 1 aromatic rings. The SMILES string of the molecule is CSc1ccccc1NC(=O)CCN1C(=O)[C@@H]2[C@H](C1=O)[C@H]1C=C[C@H]2C1. The first-order chi connectivity index (χ1) is 12.1. The van der Waals surface area contributed by atoms with Gasteiger partial charge in [-0.25, -0.2) is 0 Å². The molecule has 3 aliphatic rings. The lowest BCUT2D eigenvalue weighted by Gasteiger charge is -2.17. The summed E-state index contributed by atoms with van der Waals surface area (Å²) in [6.07, 6.45) is 7.15. The van der Waals surface area contributed by atoms with Crippen molar-refractivity contribution in [3.8, 4) is 0 Å². The van der Waals surface area contributed by atoms with Crippen LogP contribution < -0.4 is 5.32 Å². The molecule has 1 aliphatic heterocycles. The molecule has 1 heterocycles. The molecule has 0 radical (unpaired) electrons. The molecule has 0 spiro atoms. The van der Waals surface area contributed by atoms with Crippen LogP contribution in [0.3, 0.4) is 0 Å². The number of hydrogen-bond acceptors (Lipinski definition) is 4. The normalized spacial score (nSPS) is 29.4. The van der Waals surface area contributed by atoms with Crippen molar-refractivity contribution in [2.24, 2.45) is 23.7 Å². The zero-order valence-electron chi connectivity index (χ0n) is 14.0. The van der Waals surface area contributed by atoms with Crippen LogP contribution in [0.5, 0.6) is 0 Å². The first-order valence-corrected chi connectivity index (χ1v) is 9.79. The summed E-state index contributed by atoms with van der Waals surface area (Å²) in [6, 6.07) is 7.58. The fraction of sp³-hybridized carbons (Fsp3) is 0.421. The molecule has 2 aliphatic carbocycles. The van der Waals surface area contributed by atoms with Crippen molar-refractivity contribution in [2.75, 3.05) is 18.1 Å². The van der Waals surface area contributed by atoms with E-state index in [0.29, 0.717) is 0 Å². The van der Waals surface area contributed by atoms with Gasteiger partial charge in [0.2, 0.25) is 17.7 Å². The van der Waals surface area contributed by atoms with Crippen LogP contribution in [0.15, 0.2) is 41.3 Å². The van der Waals surface area contributed by atoms with Gasteiger partial charge in [0, 0.05) is 17.9 Å². The van der Waals surface area contributed by atoms with E-state index in [1.807, 2.05) is 30.5 Å². The van der Waals surface area contributed by atoms with Gasteiger partial charge in [0.25, 0.3) is 0 Å². The first-order valence-electron chi connectivity index (χ1n) is 8.56. The first kappa shape index (κ1) is 16.4. The number of amides is 3. The molecule has 5 nitrogen and oxygen atoms in total. The van der Waals surface area contributed by atoms with E-state index in [9.17, 15) is 14.4 Å². The van der Waals surface area contributed by atoms with Gasteiger partial charge in [0.15, 0.2) is 0 Å². The monoisotopic (exact) mass is 356 g/mol. The number of anilines is 1. The summed E-state index contributed by atoms with van der Waals surface area (Å²) in [5.41, 5.74) is 0.762. The van der Waals surface area contributed by atoms with Gasteiger partial charge in [0.1, 0.15) is 0 Å². The number of nitrogens with zero attached hydrogens (tertiary/aromatic N) is 1. The number of likely N-dealkylation sites (tertiary alicyclic amines) is 1. The second kappa shape index (κ2) is 6.33. The lowest BCUT2D eigenvalue weighted by molar-refractivity contribution is -0.140. The maximum atomic E-state index is 12.6. The third-order valence-corrected chi connectivity index (χ3v) is 6.30. The highest BCUT2D eigenvalue weighted by Crippen LogP contribution is 2.52. The van der Waals surface area contributed by atoms with Gasteiger partial charge in [-0.2, -0.15) is 0 Å². The van der Waals surface area contributed by atoms with Gasteiger partial charge in [0.05, 0.1) is 17.5 Å². The summed E-state index contributed by atoms with van der Waals surface area (Å²) in [7, 11) is 0. The van der Waals surface area contributed by atoms with Crippen LogP contribution in [0.2, 0.25) is 0 Å². The Morgan fingerprint density at radius 3 is 2.44 bits per heavy atom. The highest BCUT2D eigenvalue weighted by Gasteiger charge is 2.58. The van der Waals surface area contributed by atoms with Crippen molar-refractivity contribution in [3.63, 3.8) is 0 Å². The van der Waals surface area contributed by atoms with Crippen LogP contribution in [-0.4, -0.2) is 35.4 Å². The molecule has 2 bridgehead atoms. The molecule has 2 fully saturated rings. The summed E-state index contributed by atoms with van der Waals surface area (Å²) in [5, 5.41) is 2.87. The van der Waals surface area contributed by atoms with E-state index in [-0.39, 0.29) is 54.4 Å². The maximum absolute atomic E-state index is 12.6. The van der Waals surface area contributed by atoms with Gasteiger partial charge in [-0.3, -0.25) is 19.3 Å². The highest BCUT2D eigenvalue weighted by atomic mass is 32.2. The van der Waals surface area contributed by atoms with E-state index in [1.165, 1.54) is 4.90 Å². The lowest BCUT2D eigenvalue weighted by Crippen LogP contribution is -2.35. The van der Waals surface area contributed by atoms with Crippen molar-refractivity contribution in [3.05, 3.63) is 36.4 Å². The smallest absolute Gasteiger partial charge is 0.233 e. The van der Waals surface area contributed by atoms with Crippen LogP contribution in [0, 0.1) is 23.7 Å². The summed E-state index contributed by atoms with van der Waals surface area (Å²) in [5.74, 6) is -0.336. The number of hydrogen-bond donors (Lipinski definition) is 1. The quantitative estimate of drug-likeness (QED) is 0.500. The van der Waals surface area contributed by atoms with Crippen molar-refractivity contribution in [2.45, 2.75) is 17.7 Å². The van der Waals surface area contributed by atoms with Crippen LogP contribution >= 0.6 is 11.8 Å². The maximum Gasteiger partial charge on any atom is 0.233 e. The third kappa shape index (κ3) is 2.68. The van der Waals surface area contributed by atoms with Crippen molar-refractivity contribution < 1.29 is 14.4 Å². The number of para-hydroxylation sites is 1. The molecular weight excluding hydrogens is 336 g/mol. The van der Waals surface area contributed by atoms with E-state index < -0.39 is 0 Å². The Hall–Kier alpha value is -2.08. The molecule has 130 valence electrons. The Kier molecular flexibility index (Phi) is 4.15. The third-order valence-electron chi connectivity index (χ3n) is 5.51. The minimum absolute atomic E-state index is 0.0934. The molecule has 4 atom stereocenters. The standard InChI is InChI=1S/C19H20N2O3S/c1-25-14-5-3-2-4-13(14)20-15(22)8-9-21-18(23)16-11-6-7-12(10-11)17(16)19(21)24/h2-7,11-12,16-17H,8-10H2,1H3,(H,20,22)/t11-,12-,16-,17+/m0/s1. The fourth-order valence-corrected chi connectivity index (χ4v) is 4.91. The average molecular weight is 356 g/mol. The fourth-order valence-electron chi connectivity index (χ4n) is 4.36. The summed E-state index contributed by atoms with van der Waals surface area (Å²) >= 11 is 1.56. The van der Waals surface area contributed by atoms with Gasteiger partial charge < -0.3 is 5.32 Å². The molecule has 1 N–H and O–H groups in total. The molecular formula is C19H20N2O3S. The predicted octanol–water partition coefficient (Wildman–Crippen LogP) is 2.54. The molecule has 4 rings (SSSR count). The number of carbonyl (C=O) groups is 3. The molecule has 1 aromatic carbocycles. The Morgan fingerprint density at radius 2 is 1.80 bits per heavy atom. The van der Waals surface area contributed by atoms with Crippen LogP contribution in [0.25, 0.3) is 0 Å². The van der Waals surface area contributed by atoms with Gasteiger partial charge >= 0.3 is 0 Å². The largest absolute Gasteiger partial charge is 0.325 e. The molecule has 6 heteroatoms. The number of carbonyl (C=O) groups excluding carboxylic acids is 3. The lowest BCUT2D eigenvalue weighted by atomic mass is 9.85. The van der Waals surface area contributed by atoms with E-state index >= 15 is 0 Å². The predicted molar refractivity (Wildman–Crippen MR) is 95.9 cm³/mol. The summed E-state index contributed by atoms with van der Waals surface area (Å²) in [4.78, 5) is 39.7. The van der Waals surface area contributed by atoms with Crippen molar-refractivity contribution >= 4 is 35.2 Å². The Morgan fingerprint density at radius 1 is 1.16 bits per heavy atom. The number of rotatable bonds is 5. The highest BCUT2D eigenvalue weighted by molar-refractivity contribution is 7.98. The summed E-state index contributed by atoms with van der Waals surface area (Å²) in [6.45, 7) is 0.164. The van der Waals surface area contributed by atoms with Crippen LogP contribution in [0.1, 0.15) is 12.8 Å². The van der Waals surface area contributed by atoms with Gasteiger partial charge in [-0.1, -0.05) is 24.3 Å². The van der Waals surface area contributed by atoms with Crippen LogP contribution in [0.4, 0.5) is 5.69 Å². The number of thioether (sulfide) groups is 1. The van der Waals surface area contributed by atoms with Crippen LogP contribution in [-0.2, 0) is 14.4 Å². The van der Waals surface area contributed by atoms with E-state index in [2.05, 4.69) is 17.5 Å². The average Bonchev–Trinajstić information content (AvgIpc) is 3.28. The number of nitrogens with one attached hydrogen (secondary N) is 1. The second-order valence-corrected chi connectivity index (χ2v) is 7.67. The number of allylic oxidation sites excluding steroid dienone is 2. The van der Waals surface area contributed by atoms with Gasteiger partial charge in [-0.15, -0.1) is 11.8 Å². The molecule has 1 saturated heterocycles. The second-order valence-electron chi connectivity index (χ2n) is 6.83. The zero-order chi connectivity index (χ0) is 17.6. The van der Waals surface area contributed by atoms with Gasteiger partial charge in [-0.05, 0) is 36.6 Å². The van der Waals surface area contributed by atoms with E-state index in [0.717, 1.165) is 17.0 Å². The minimum atomic E-state index is -0.192.